The van der Waals surface area contributed by atoms with Crippen molar-refractivity contribution in [3.63, 3.8) is 0 Å². The summed E-state index contributed by atoms with van der Waals surface area (Å²) < 4.78 is 71.4. The lowest BCUT2D eigenvalue weighted by molar-refractivity contribution is -0.137. The number of nitrogens with zero attached hydrogens (tertiary/aromatic N) is 1. The van der Waals surface area contributed by atoms with Gasteiger partial charge in [-0.1, -0.05) is 36.4 Å². The van der Waals surface area contributed by atoms with E-state index in [4.69, 9.17) is 4.42 Å². The summed E-state index contributed by atoms with van der Waals surface area (Å²) in [5.41, 5.74) is -0.305. The van der Waals surface area contributed by atoms with Crippen LogP contribution in [0.5, 0.6) is 0 Å². The molecule has 0 saturated heterocycles. The summed E-state index contributed by atoms with van der Waals surface area (Å²) in [6.45, 7) is -0.0966. The number of furan rings is 1. The average molecular weight is 395 g/mol. The largest absolute Gasteiger partial charge is 0.468 e. The van der Waals surface area contributed by atoms with Crippen molar-refractivity contribution in [1.29, 1.82) is 0 Å². The Kier molecular flexibility index (Phi) is 5.38. The van der Waals surface area contributed by atoms with Crippen LogP contribution in [0, 0.1) is 0 Å². The number of benzene rings is 2. The predicted octanol–water partition coefficient (Wildman–Crippen LogP) is 4.69. The Morgan fingerprint density at radius 3 is 2.26 bits per heavy atom. The van der Waals surface area contributed by atoms with Gasteiger partial charge < -0.3 is 4.42 Å². The Hall–Kier alpha value is -2.58. The second kappa shape index (κ2) is 7.58. The number of sulfonamides is 1. The van der Waals surface area contributed by atoms with Crippen molar-refractivity contribution in [3.8, 4) is 0 Å². The third-order valence-electron chi connectivity index (χ3n) is 3.91. The van der Waals surface area contributed by atoms with Gasteiger partial charge in [0, 0.05) is 6.54 Å². The summed E-state index contributed by atoms with van der Waals surface area (Å²) in [5, 5.41) is 0. The molecule has 0 aliphatic carbocycles. The van der Waals surface area contributed by atoms with Crippen molar-refractivity contribution in [2.75, 3.05) is 0 Å². The molecule has 0 saturated carbocycles. The lowest BCUT2D eigenvalue weighted by atomic mass is 10.2. The first kappa shape index (κ1) is 19.2. The van der Waals surface area contributed by atoms with Crippen LogP contribution < -0.4 is 0 Å². The fraction of sp³-hybridized carbons (Fsp3) is 0.158. The molecule has 4 nitrogen and oxygen atoms in total. The quantitative estimate of drug-likeness (QED) is 0.608. The molecule has 0 aliphatic heterocycles. The molecule has 0 amide bonds. The zero-order valence-electron chi connectivity index (χ0n) is 14.1. The molecule has 0 fully saturated rings. The van der Waals surface area contributed by atoms with Gasteiger partial charge in [0.1, 0.15) is 5.76 Å². The molecule has 0 spiro atoms. The molecular formula is C19H16F3NO3S. The summed E-state index contributed by atoms with van der Waals surface area (Å²) in [7, 11) is -4.18. The zero-order chi connectivity index (χ0) is 19.5. The van der Waals surface area contributed by atoms with Gasteiger partial charge in [0.25, 0.3) is 0 Å². The number of alkyl halides is 3. The summed E-state index contributed by atoms with van der Waals surface area (Å²) in [4.78, 5) is -0.417. The van der Waals surface area contributed by atoms with E-state index < -0.39 is 26.7 Å². The van der Waals surface area contributed by atoms with E-state index in [0.29, 0.717) is 17.4 Å². The monoisotopic (exact) mass is 395 g/mol. The molecule has 1 aromatic heterocycles. The van der Waals surface area contributed by atoms with Crippen LogP contribution in [0.15, 0.2) is 82.3 Å². The minimum atomic E-state index is -4.63. The fourth-order valence-electron chi connectivity index (χ4n) is 2.57. The minimum absolute atomic E-state index is 0.000118. The van der Waals surface area contributed by atoms with Gasteiger partial charge in [0.15, 0.2) is 0 Å². The summed E-state index contributed by atoms with van der Waals surface area (Å²) >= 11 is 0. The molecule has 0 aliphatic rings. The van der Waals surface area contributed by atoms with E-state index in [1.807, 2.05) is 0 Å². The van der Waals surface area contributed by atoms with Crippen molar-refractivity contribution >= 4 is 10.0 Å². The highest BCUT2D eigenvalue weighted by Crippen LogP contribution is 2.31. The Labute approximate surface area is 154 Å². The van der Waals surface area contributed by atoms with Gasteiger partial charge in [-0.2, -0.15) is 17.5 Å². The van der Waals surface area contributed by atoms with E-state index >= 15 is 0 Å². The van der Waals surface area contributed by atoms with Crippen LogP contribution in [0.2, 0.25) is 0 Å². The summed E-state index contributed by atoms with van der Waals surface area (Å²) in [6, 6.07) is 15.8. The fourth-order valence-corrected chi connectivity index (χ4v) is 4.01. The van der Waals surface area contributed by atoms with Gasteiger partial charge in [-0.05, 0) is 35.9 Å². The van der Waals surface area contributed by atoms with Crippen LogP contribution in [0.3, 0.4) is 0 Å². The van der Waals surface area contributed by atoms with Crippen molar-refractivity contribution in [1.82, 2.24) is 4.31 Å². The van der Waals surface area contributed by atoms with E-state index in [1.54, 1.807) is 42.5 Å². The highest BCUT2D eigenvalue weighted by atomic mass is 32.2. The molecule has 1 heterocycles. The molecule has 0 N–H and O–H groups in total. The van der Waals surface area contributed by atoms with Gasteiger partial charge in [0.05, 0.1) is 23.3 Å². The van der Waals surface area contributed by atoms with Crippen molar-refractivity contribution in [2.24, 2.45) is 0 Å². The molecule has 2 aromatic carbocycles. The van der Waals surface area contributed by atoms with Crippen LogP contribution in [0.4, 0.5) is 13.2 Å². The lowest BCUT2D eigenvalue weighted by Gasteiger charge is -2.22. The van der Waals surface area contributed by atoms with Gasteiger partial charge in [-0.25, -0.2) is 8.42 Å². The molecule has 27 heavy (non-hydrogen) atoms. The number of hydrogen-bond donors (Lipinski definition) is 0. The minimum Gasteiger partial charge on any atom is -0.468 e. The van der Waals surface area contributed by atoms with Gasteiger partial charge in [-0.15, -0.1) is 0 Å². The van der Waals surface area contributed by atoms with E-state index in [-0.39, 0.29) is 13.1 Å². The van der Waals surface area contributed by atoms with Crippen molar-refractivity contribution < 1.29 is 26.0 Å². The standard InChI is InChI=1S/C19H16F3NO3S/c20-19(21,22)16-8-4-10-18(12-16)27(24,25)23(14-17-9-5-11-26-17)13-15-6-2-1-3-7-15/h1-12H,13-14H2. The molecule has 8 heteroatoms. The molecule has 142 valence electrons. The highest BCUT2D eigenvalue weighted by molar-refractivity contribution is 7.89. The first-order chi connectivity index (χ1) is 12.8. The van der Waals surface area contributed by atoms with Crippen LogP contribution in [0.1, 0.15) is 16.9 Å². The zero-order valence-corrected chi connectivity index (χ0v) is 14.9. The molecule has 0 radical (unpaired) electrons. The van der Waals surface area contributed by atoms with Crippen LogP contribution >= 0.6 is 0 Å². The Morgan fingerprint density at radius 2 is 1.63 bits per heavy atom. The first-order valence-corrected chi connectivity index (χ1v) is 9.44. The van der Waals surface area contributed by atoms with Crippen LogP contribution in [0.25, 0.3) is 0 Å². The molecule has 0 atom stereocenters. The third kappa shape index (κ3) is 4.58. The third-order valence-corrected chi connectivity index (χ3v) is 5.70. The number of rotatable bonds is 6. The smallest absolute Gasteiger partial charge is 0.416 e. The predicted molar refractivity (Wildman–Crippen MR) is 93.0 cm³/mol. The average Bonchev–Trinajstić information content (AvgIpc) is 3.15. The van der Waals surface area contributed by atoms with Crippen molar-refractivity contribution in [2.45, 2.75) is 24.2 Å². The maximum atomic E-state index is 13.1. The normalized spacial score (nSPS) is 12.4. The Balaban J connectivity index is 1.99. The number of hydrogen-bond acceptors (Lipinski definition) is 3. The summed E-state index contributed by atoms with van der Waals surface area (Å²) in [6.07, 6.45) is -3.22. The molecule has 3 rings (SSSR count). The van der Waals surface area contributed by atoms with E-state index in [9.17, 15) is 21.6 Å². The van der Waals surface area contributed by atoms with Crippen LogP contribution in [-0.2, 0) is 29.3 Å². The second-order valence-corrected chi connectivity index (χ2v) is 7.80. The van der Waals surface area contributed by atoms with Gasteiger partial charge >= 0.3 is 6.18 Å². The SMILES string of the molecule is O=S(=O)(c1cccc(C(F)(F)F)c1)N(Cc1ccccc1)Cc1ccco1. The molecule has 0 unspecified atom stereocenters. The van der Waals surface area contributed by atoms with E-state index in [2.05, 4.69) is 0 Å². The maximum absolute atomic E-state index is 13.1. The van der Waals surface area contributed by atoms with E-state index in [0.717, 1.165) is 22.5 Å². The Bertz CT molecular complexity index is 985. The topological polar surface area (TPSA) is 50.5 Å². The Morgan fingerprint density at radius 1 is 0.889 bits per heavy atom. The maximum Gasteiger partial charge on any atom is 0.416 e. The van der Waals surface area contributed by atoms with Crippen LogP contribution in [-0.4, -0.2) is 12.7 Å². The van der Waals surface area contributed by atoms with Crippen molar-refractivity contribution in [3.05, 3.63) is 89.9 Å². The molecule has 0 bridgehead atoms. The number of halogens is 3. The van der Waals surface area contributed by atoms with Gasteiger partial charge in [-0.3, -0.25) is 0 Å². The van der Waals surface area contributed by atoms with E-state index in [1.165, 1.54) is 6.26 Å². The molecule has 3 aromatic rings. The lowest BCUT2D eigenvalue weighted by Crippen LogP contribution is -2.30. The molecular weight excluding hydrogens is 379 g/mol. The second-order valence-electron chi connectivity index (χ2n) is 5.86. The highest BCUT2D eigenvalue weighted by Gasteiger charge is 2.33. The van der Waals surface area contributed by atoms with Gasteiger partial charge in [0.2, 0.25) is 10.0 Å². The first-order valence-electron chi connectivity index (χ1n) is 8.00. The summed E-state index contributed by atoms with van der Waals surface area (Å²) in [5.74, 6) is 0.390.